The Morgan fingerprint density at radius 3 is 2.34 bits per heavy atom. The van der Waals surface area contributed by atoms with Crippen molar-refractivity contribution >= 4 is 52.4 Å². The Kier molecular flexibility index (Phi) is 6.71. The zero-order valence-electron chi connectivity index (χ0n) is 19.1. The van der Waals surface area contributed by atoms with E-state index in [1.807, 2.05) is 11.0 Å². The first-order valence-electron chi connectivity index (χ1n) is 11.6. The smallest absolute Gasteiger partial charge is 0.321 e. The van der Waals surface area contributed by atoms with Gasteiger partial charge in [-0.3, -0.25) is 4.79 Å². The molecule has 0 atom stereocenters. The lowest BCUT2D eigenvalue weighted by molar-refractivity contribution is -0.124. The number of pyridine rings is 1. The van der Waals surface area contributed by atoms with Gasteiger partial charge in [0.2, 0.25) is 0 Å². The zero-order valence-corrected chi connectivity index (χ0v) is 20.6. The molecule has 1 aromatic carbocycles. The second-order valence-electron chi connectivity index (χ2n) is 9.00. The number of nitrogens with one attached hydrogen (secondary N) is 1. The molecule has 1 spiro atoms. The maximum absolute atomic E-state index is 13.1. The van der Waals surface area contributed by atoms with Gasteiger partial charge in [0.1, 0.15) is 17.1 Å². The Morgan fingerprint density at radius 2 is 1.66 bits per heavy atom. The van der Waals surface area contributed by atoms with Crippen LogP contribution < -0.4 is 10.2 Å². The van der Waals surface area contributed by atoms with Gasteiger partial charge in [-0.1, -0.05) is 28.4 Å². The van der Waals surface area contributed by atoms with Crippen LogP contribution in [-0.4, -0.2) is 77.3 Å². The molecule has 2 fully saturated rings. The van der Waals surface area contributed by atoms with Crippen LogP contribution in [0.1, 0.15) is 19.3 Å². The fraction of sp³-hybridized carbons (Fsp3) is 0.417. The maximum Gasteiger partial charge on any atom is 0.321 e. The quantitative estimate of drug-likeness (QED) is 0.668. The van der Waals surface area contributed by atoms with Crippen LogP contribution >= 0.6 is 23.2 Å². The molecule has 11 heteroatoms. The summed E-state index contributed by atoms with van der Waals surface area (Å²) in [7, 11) is 0. The van der Waals surface area contributed by atoms with Crippen molar-refractivity contribution in [2.24, 2.45) is 5.16 Å². The number of anilines is 2. The molecule has 4 heterocycles. The third kappa shape index (κ3) is 5.16. The third-order valence-corrected chi connectivity index (χ3v) is 7.30. The molecule has 3 aliphatic rings. The van der Waals surface area contributed by atoms with Gasteiger partial charge in [0.15, 0.2) is 0 Å². The van der Waals surface area contributed by atoms with Gasteiger partial charge in [-0.15, -0.1) is 0 Å². The topological polar surface area (TPSA) is 90.4 Å². The maximum atomic E-state index is 13.1. The van der Waals surface area contributed by atoms with Gasteiger partial charge >= 0.3 is 6.03 Å². The molecule has 3 amide bonds. The van der Waals surface area contributed by atoms with Gasteiger partial charge in [0.05, 0.1) is 5.02 Å². The highest BCUT2D eigenvalue weighted by molar-refractivity contribution is 6.39. The van der Waals surface area contributed by atoms with E-state index in [1.165, 1.54) is 0 Å². The number of piperidine rings is 1. The standard InChI is InChI=1S/C24H26Cl2N6O3/c25-17-3-5-18(6-4-17)28-23(34)32-10-7-24(8-11-32)16-20(29-35-24)22(33)31-14-12-30(13-15-31)21-19(26)2-1-9-27-21/h1-6,9H,7-8,10-16H2,(H,28,34). The number of urea groups is 1. The number of hydrogen-bond donors (Lipinski definition) is 1. The average Bonchev–Trinajstić information content (AvgIpc) is 3.29. The van der Waals surface area contributed by atoms with Gasteiger partial charge in [-0.2, -0.15) is 0 Å². The lowest BCUT2D eigenvalue weighted by Crippen LogP contribution is -2.52. The van der Waals surface area contributed by atoms with Crippen LogP contribution in [0.3, 0.4) is 0 Å². The van der Waals surface area contributed by atoms with Gasteiger partial charge in [-0.25, -0.2) is 9.78 Å². The molecular formula is C24H26Cl2N6O3. The van der Waals surface area contributed by atoms with E-state index in [-0.39, 0.29) is 11.9 Å². The molecule has 0 unspecified atom stereocenters. The number of hydrogen-bond acceptors (Lipinski definition) is 6. The van der Waals surface area contributed by atoms with Gasteiger partial charge in [0.25, 0.3) is 5.91 Å². The molecule has 0 aliphatic carbocycles. The van der Waals surface area contributed by atoms with Crippen molar-refractivity contribution in [2.45, 2.75) is 24.9 Å². The number of amides is 3. The zero-order chi connectivity index (χ0) is 24.4. The molecule has 3 aliphatic heterocycles. The van der Waals surface area contributed by atoms with E-state index in [4.69, 9.17) is 28.0 Å². The normalized spacial score (nSPS) is 19.4. The molecule has 0 bridgehead atoms. The van der Waals surface area contributed by atoms with Crippen molar-refractivity contribution < 1.29 is 14.4 Å². The van der Waals surface area contributed by atoms with E-state index in [2.05, 4.69) is 20.4 Å². The summed E-state index contributed by atoms with van der Waals surface area (Å²) < 4.78 is 0. The highest BCUT2D eigenvalue weighted by Crippen LogP contribution is 2.35. The minimum atomic E-state index is -0.522. The molecule has 184 valence electrons. The number of halogens is 2. The molecule has 1 aromatic heterocycles. The van der Waals surface area contributed by atoms with Crippen molar-refractivity contribution in [3.05, 3.63) is 52.6 Å². The molecule has 1 N–H and O–H groups in total. The van der Waals surface area contributed by atoms with Gasteiger partial charge in [-0.05, 0) is 36.4 Å². The highest BCUT2D eigenvalue weighted by Gasteiger charge is 2.45. The van der Waals surface area contributed by atoms with E-state index >= 15 is 0 Å². The van der Waals surface area contributed by atoms with Crippen LogP contribution in [0.2, 0.25) is 10.0 Å². The molecule has 5 rings (SSSR count). The Labute approximate surface area is 213 Å². The molecular weight excluding hydrogens is 491 g/mol. The van der Waals surface area contributed by atoms with Crippen LogP contribution in [0.4, 0.5) is 16.3 Å². The minimum Gasteiger partial charge on any atom is -0.388 e. The first-order chi connectivity index (χ1) is 16.9. The number of carbonyl (C=O) groups excluding carboxylic acids is 2. The number of nitrogens with zero attached hydrogens (tertiary/aromatic N) is 5. The van der Waals surface area contributed by atoms with Gasteiger partial charge < -0.3 is 24.9 Å². The highest BCUT2D eigenvalue weighted by atomic mass is 35.5. The Bertz CT molecular complexity index is 1130. The second-order valence-corrected chi connectivity index (χ2v) is 9.84. The summed E-state index contributed by atoms with van der Waals surface area (Å²) in [6.07, 6.45) is 3.42. The van der Waals surface area contributed by atoms with Crippen molar-refractivity contribution in [3.8, 4) is 0 Å². The van der Waals surface area contributed by atoms with E-state index < -0.39 is 5.60 Å². The summed E-state index contributed by atoms with van der Waals surface area (Å²) in [5.41, 5.74) is 0.623. The average molecular weight is 517 g/mol. The first kappa shape index (κ1) is 23.7. The molecule has 35 heavy (non-hydrogen) atoms. The van der Waals surface area contributed by atoms with Crippen LogP contribution in [0.15, 0.2) is 47.8 Å². The van der Waals surface area contributed by atoms with E-state index in [0.717, 1.165) is 5.82 Å². The predicted octanol–water partition coefficient (Wildman–Crippen LogP) is 3.88. The molecule has 0 saturated carbocycles. The SMILES string of the molecule is O=C(Nc1ccc(Cl)cc1)N1CCC2(CC1)CC(C(=O)N1CCN(c3ncccc3Cl)CC1)=NO2. The third-order valence-electron chi connectivity index (χ3n) is 6.75. The van der Waals surface area contributed by atoms with Crippen LogP contribution in [0, 0.1) is 0 Å². The van der Waals surface area contributed by atoms with E-state index in [1.54, 1.807) is 41.4 Å². The fourth-order valence-electron chi connectivity index (χ4n) is 4.67. The van der Waals surface area contributed by atoms with Gasteiger partial charge in [0, 0.05) is 75.4 Å². The van der Waals surface area contributed by atoms with E-state index in [9.17, 15) is 9.59 Å². The van der Waals surface area contributed by atoms with Crippen molar-refractivity contribution in [3.63, 3.8) is 0 Å². The number of rotatable bonds is 3. The number of aromatic nitrogens is 1. The summed E-state index contributed by atoms with van der Waals surface area (Å²) in [5.74, 6) is 0.658. The van der Waals surface area contributed by atoms with Crippen LogP contribution in [0.5, 0.6) is 0 Å². The molecule has 9 nitrogen and oxygen atoms in total. The number of oxime groups is 1. The monoisotopic (exact) mass is 516 g/mol. The fourth-order valence-corrected chi connectivity index (χ4v) is 5.04. The summed E-state index contributed by atoms with van der Waals surface area (Å²) in [6.45, 7) is 3.49. The van der Waals surface area contributed by atoms with Crippen LogP contribution in [0.25, 0.3) is 0 Å². The summed E-state index contributed by atoms with van der Waals surface area (Å²) in [6, 6.07) is 10.5. The Morgan fingerprint density at radius 1 is 0.943 bits per heavy atom. The number of carbonyl (C=O) groups is 2. The second kappa shape index (κ2) is 9.91. The lowest BCUT2D eigenvalue weighted by Gasteiger charge is -2.37. The Balaban J connectivity index is 1.10. The summed E-state index contributed by atoms with van der Waals surface area (Å²) in [5, 5.41) is 8.28. The molecule has 2 saturated heterocycles. The van der Waals surface area contributed by atoms with Crippen molar-refractivity contribution in [1.29, 1.82) is 0 Å². The number of likely N-dealkylation sites (tertiary alicyclic amines) is 1. The summed E-state index contributed by atoms with van der Waals surface area (Å²) >= 11 is 12.2. The van der Waals surface area contributed by atoms with Crippen molar-refractivity contribution in [1.82, 2.24) is 14.8 Å². The number of piperazine rings is 1. The van der Waals surface area contributed by atoms with E-state index in [0.29, 0.717) is 80.0 Å². The largest absolute Gasteiger partial charge is 0.388 e. The molecule has 2 aromatic rings. The van der Waals surface area contributed by atoms with Crippen LogP contribution in [-0.2, 0) is 9.63 Å². The van der Waals surface area contributed by atoms with Crippen molar-refractivity contribution in [2.75, 3.05) is 49.5 Å². The first-order valence-corrected chi connectivity index (χ1v) is 12.4. The summed E-state index contributed by atoms with van der Waals surface area (Å²) in [4.78, 5) is 41.5. The minimum absolute atomic E-state index is 0.0865. The lowest BCUT2D eigenvalue weighted by atomic mass is 9.86. The predicted molar refractivity (Wildman–Crippen MR) is 135 cm³/mol. The Hall–Kier alpha value is -3.04. The number of benzene rings is 1. The molecule has 0 radical (unpaired) electrons.